The molecule has 0 aliphatic carbocycles. The van der Waals surface area contributed by atoms with Gasteiger partial charge in [-0.1, -0.05) is 15.9 Å². The third kappa shape index (κ3) is 2.44. The van der Waals surface area contributed by atoms with Crippen molar-refractivity contribution in [1.82, 2.24) is 0 Å². The van der Waals surface area contributed by atoms with E-state index in [4.69, 9.17) is 9.47 Å². The Labute approximate surface area is 98.1 Å². The molecule has 84 valence electrons. The molecule has 4 heteroatoms. The predicted octanol–water partition coefficient (Wildman–Crippen LogP) is 2.69. The number of halogens is 1. The molecule has 0 saturated heterocycles. The van der Waals surface area contributed by atoms with Crippen LogP contribution in [0, 0.1) is 0 Å². The Bertz CT molecular complexity index is 356. The average molecular weight is 275 g/mol. The first-order valence-electron chi connectivity index (χ1n) is 4.55. The largest absolute Gasteiger partial charge is 0.493 e. The standard InChI is InChI=1S/C11H15BrO3/c1-11(2,13)9-7(12)5-6-8(14-3)10(9)15-4/h5-6,13H,1-4H3. The summed E-state index contributed by atoms with van der Waals surface area (Å²) in [6.45, 7) is 3.41. The summed E-state index contributed by atoms with van der Waals surface area (Å²) >= 11 is 3.39. The number of hydrogen-bond acceptors (Lipinski definition) is 3. The zero-order valence-corrected chi connectivity index (χ0v) is 10.9. The number of rotatable bonds is 3. The first-order valence-corrected chi connectivity index (χ1v) is 5.34. The van der Waals surface area contributed by atoms with Crippen LogP contribution in [-0.2, 0) is 5.60 Å². The van der Waals surface area contributed by atoms with Gasteiger partial charge in [0, 0.05) is 10.0 Å². The van der Waals surface area contributed by atoms with Crippen molar-refractivity contribution in [1.29, 1.82) is 0 Å². The lowest BCUT2D eigenvalue weighted by Crippen LogP contribution is -2.18. The molecule has 0 atom stereocenters. The number of ether oxygens (including phenoxy) is 2. The van der Waals surface area contributed by atoms with Crippen LogP contribution in [0.5, 0.6) is 11.5 Å². The summed E-state index contributed by atoms with van der Waals surface area (Å²) in [4.78, 5) is 0. The van der Waals surface area contributed by atoms with E-state index in [0.29, 0.717) is 17.1 Å². The molecule has 0 spiro atoms. The van der Waals surface area contributed by atoms with Crippen LogP contribution in [0.1, 0.15) is 19.4 Å². The van der Waals surface area contributed by atoms with Gasteiger partial charge in [-0.15, -0.1) is 0 Å². The lowest BCUT2D eigenvalue weighted by molar-refractivity contribution is 0.0743. The number of methoxy groups -OCH3 is 2. The Morgan fingerprint density at radius 1 is 1.20 bits per heavy atom. The number of hydrogen-bond donors (Lipinski definition) is 1. The van der Waals surface area contributed by atoms with Crippen LogP contribution in [0.25, 0.3) is 0 Å². The van der Waals surface area contributed by atoms with Crippen LogP contribution < -0.4 is 9.47 Å². The predicted molar refractivity (Wildman–Crippen MR) is 62.5 cm³/mol. The Kier molecular flexibility index (Phi) is 3.62. The number of aliphatic hydroxyl groups is 1. The quantitative estimate of drug-likeness (QED) is 0.921. The molecule has 0 aliphatic rings. The normalized spacial score (nSPS) is 11.3. The second-order valence-electron chi connectivity index (χ2n) is 3.72. The van der Waals surface area contributed by atoms with Crippen molar-refractivity contribution >= 4 is 15.9 Å². The van der Waals surface area contributed by atoms with Gasteiger partial charge in [-0.25, -0.2) is 0 Å². The summed E-state index contributed by atoms with van der Waals surface area (Å²) in [7, 11) is 3.12. The van der Waals surface area contributed by atoms with E-state index in [9.17, 15) is 5.11 Å². The van der Waals surface area contributed by atoms with Crippen molar-refractivity contribution in [2.24, 2.45) is 0 Å². The van der Waals surface area contributed by atoms with E-state index in [1.54, 1.807) is 34.1 Å². The van der Waals surface area contributed by atoms with Crippen molar-refractivity contribution in [3.63, 3.8) is 0 Å². The molecule has 0 unspecified atom stereocenters. The second-order valence-corrected chi connectivity index (χ2v) is 4.57. The van der Waals surface area contributed by atoms with E-state index in [2.05, 4.69) is 15.9 Å². The van der Waals surface area contributed by atoms with E-state index in [-0.39, 0.29) is 0 Å². The van der Waals surface area contributed by atoms with Gasteiger partial charge < -0.3 is 14.6 Å². The average Bonchev–Trinajstić information content (AvgIpc) is 2.15. The van der Waals surface area contributed by atoms with Crippen LogP contribution >= 0.6 is 15.9 Å². The summed E-state index contributed by atoms with van der Waals surface area (Å²) < 4.78 is 11.2. The molecule has 1 aromatic rings. The molecule has 0 aromatic heterocycles. The fraction of sp³-hybridized carbons (Fsp3) is 0.455. The summed E-state index contributed by atoms with van der Waals surface area (Å²) in [5, 5.41) is 10.0. The van der Waals surface area contributed by atoms with E-state index >= 15 is 0 Å². The van der Waals surface area contributed by atoms with Gasteiger partial charge in [-0.2, -0.15) is 0 Å². The first-order chi connectivity index (χ1) is 6.91. The van der Waals surface area contributed by atoms with Crippen molar-refractivity contribution in [3.05, 3.63) is 22.2 Å². The SMILES string of the molecule is COc1ccc(Br)c(C(C)(C)O)c1OC. The minimum atomic E-state index is -0.987. The van der Waals surface area contributed by atoms with Gasteiger partial charge in [-0.3, -0.25) is 0 Å². The zero-order valence-electron chi connectivity index (χ0n) is 9.30. The first kappa shape index (κ1) is 12.3. The zero-order chi connectivity index (χ0) is 11.6. The monoisotopic (exact) mass is 274 g/mol. The summed E-state index contributed by atoms with van der Waals surface area (Å²) in [6.07, 6.45) is 0. The fourth-order valence-corrected chi connectivity index (χ4v) is 2.27. The summed E-state index contributed by atoms with van der Waals surface area (Å²) in [6, 6.07) is 3.62. The maximum absolute atomic E-state index is 10.0. The van der Waals surface area contributed by atoms with Crippen molar-refractivity contribution in [2.75, 3.05) is 14.2 Å². The van der Waals surface area contributed by atoms with Gasteiger partial charge in [-0.05, 0) is 26.0 Å². The molecule has 15 heavy (non-hydrogen) atoms. The smallest absolute Gasteiger partial charge is 0.167 e. The topological polar surface area (TPSA) is 38.7 Å². The molecule has 0 fully saturated rings. The molecule has 3 nitrogen and oxygen atoms in total. The molecular weight excluding hydrogens is 260 g/mol. The van der Waals surface area contributed by atoms with E-state index < -0.39 is 5.60 Å². The van der Waals surface area contributed by atoms with Crippen molar-refractivity contribution in [3.8, 4) is 11.5 Å². The van der Waals surface area contributed by atoms with Crippen LogP contribution in [0.3, 0.4) is 0 Å². The molecule has 1 aromatic carbocycles. The van der Waals surface area contributed by atoms with E-state index in [1.165, 1.54) is 0 Å². The van der Waals surface area contributed by atoms with Crippen LogP contribution in [0.4, 0.5) is 0 Å². The Morgan fingerprint density at radius 2 is 1.80 bits per heavy atom. The van der Waals surface area contributed by atoms with Crippen LogP contribution in [0.2, 0.25) is 0 Å². The second kappa shape index (κ2) is 4.41. The Morgan fingerprint density at radius 3 is 2.20 bits per heavy atom. The molecule has 0 bridgehead atoms. The molecule has 0 heterocycles. The van der Waals surface area contributed by atoms with Gasteiger partial charge in [0.25, 0.3) is 0 Å². The van der Waals surface area contributed by atoms with E-state index in [1.807, 2.05) is 6.07 Å². The molecule has 0 radical (unpaired) electrons. The minimum Gasteiger partial charge on any atom is -0.493 e. The lowest BCUT2D eigenvalue weighted by atomic mass is 9.97. The van der Waals surface area contributed by atoms with Gasteiger partial charge in [0.2, 0.25) is 0 Å². The van der Waals surface area contributed by atoms with E-state index in [0.717, 1.165) is 4.47 Å². The highest BCUT2D eigenvalue weighted by Crippen LogP contribution is 2.41. The fourth-order valence-electron chi connectivity index (χ4n) is 1.47. The lowest BCUT2D eigenvalue weighted by Gasteiger charge is -2.23. The third-order valence-corrected chi connectivity index (χ3v) is 2.77. The highest BCUT2D eigenvalue weighted by Gasteiger charge is 2.26. The van der Waals surface area contributed by atoms with Crippen molar-refractivity contribution in [2.45, 2.75) is 19.4 Å². The molecule has 1 N–H and O–H groups in total. The molecule has 0 amide bonds. The highest BCUT2D eigenvalue weighted by atomic mass is 79.9. The number of benzene rings is 1. The summed E-state index contributed by atoms with van der Waals surface area (Å²) in [5.41, 5.74) is -0.303. The van der Waals surface area contributed by atoms with Crippen LogP contribution in [-0.4, -0.2) is 19.3 Å². The van der Waals surface area contributed by atoms with Gasteiger partial charge >= 0.3 is 0 Å². The van der Waals surface area contributed by atoms with Gasteiger partial charge in [0.15, 0.2) is 11.5 Å². The molecular formula is C11H15BrO3. The molecule has 0 aliphatic heterocycles. The Hall–Kier alpha value is -0.740. The molecule has 1 rings (SSSR count). The maximum Gasteiger partial charge on any atom is 0.167 e. The summed E-state index contributed by atoms with van der Waals surface area (Å²) in [5.74, 6) is 1.16. The third-order valence-electron chi connectivity index (χ3n) is 2.11. The van der Waals surface area contributed by atoms with Crippen LogP contribution in [0.15, 0.2) is 16.6 Å². The highest BCUT2D eigenvalue weighted by molar-refractivity contribution is 9.10. The van der Waals surface area contributed by atoms with Gasteiger partial charge in [0.05, 0.1) is 19.8 Å². The maximum atomic E-state index is 10.0. The molecule has 0 saturated carbocycles. The minimum absolute atomic E-state index is 0.555. The van der Waals surface area contributed by atoms with Gasteiger partial charge in [0.1, 0.15) is 0 Å². The van der Waals surface area contributed by atoms with Crippen molar-refractivity contribution < 1.29 is 14.6 Å². The Balaban J connectivity index is 3.46.